The van der Waals surface area contributed by atoms with Gasteiger partial charge in [0.05, 0.1) is 24.7 Å². The average Bonchev–Trinajstić information content (AvgIpc) is 3.48. The summed E-state index contributed by atoms with van der Waals surface area (Å²) in [6.07, 6.45) is 7.03. The Hall–Kier alpha value is -4.29. The third-order valence-corrected chi connectivity index (χ3v) is 6.44. The van der Waals surface area contributed by atoms with E-state index in [0.717, 1.165) is 12.8 Å². The molecule has 3 N–H and O–H groups in total. The zero-order chi connectivity index (χ0) is 27.9. The van der Waals surface area contributed by atoms with Crippen LogP contribution in [0.3, 0.4) is 0 Å². The van der Waals surface area contributed by atoms with Crippen LogP contribution in [0.15, 0.2) is 60.9 Å². The van der Waals surface area contributed by atoms with E-state index in [1.807, 2.05) is 6.92 Å². The molecule has 3 aromatic rings. The molecule has 0 spiro atoms. The van der Waals surface area contributed by atoms with Gasteiger partial charge in [0.25, 0.3) is 5.91 Å². The Morgan fingerprint density at radius 2 is 2.08 bits per heavy atom. The number of benzene rings is 1. The van der Waals surface area contributed by atoms with Crippen LogP contribution >= 0.6 is 11.6 Å². The van der Waals surface area contributed by atoms with Gasteiger partial charge >= 0.3 is 0 Å². The fourth-order valence-electron chi connectivity index (χ4n) is 4.22. The van der Waals surface area contributed by atoms with E-state index < -0.39 is 12.3 Å². The standard InChI is InChI=1S/C26H29ClN8O4/c1-4-5-6-22(26(38)31-17-8-9-20(29-13-17)25(37)28-2)34-14-23(39-3)19(12-24(34)36)18-11-16(27)7-10-21(18)35-15-30-32-33-35/h7-15,22,24,36H,4-6H2,1-3H3,(H,28,37)(H,31,38). The van der Waals surface area contributed by atoms with Crippen LogP contribution < -0.4 is 10.6 Å². The van der Waals surface area contributed by atoms with Crippen molar-refractivity contribution < 1.29 is 19.4 Å². The second kappa shape index (κ2) is 12.5. The number of aliphatic hydroxyl groups is 1. The maximum Gasteiger partial charge on any atom is 0.269 e. The molecule has 3 heterocycles. The number of nitrogens with zero attached hydrogens (tertiary/aromatic N) is 6. The maximum atomic E-state index is 13.4. The number of methoxy groups -OCH3 is 1. The molecule has 2 aromatic heterocycles. The van der Waals surface area contributed by atoms with E-state index >= 15 is 0 Å². The van der Waals surface area contributed by atoms with E-state index in [9.17, 15) is 14.7 Å². The molecule has 0 aliphatic carbocycles. The largest absolute Gasteiger partial charge is 0.495 e. The predicted octanol–water partition coefficient (Wildman–Crippen LogP) is 2.77. The number of hydrogen-bond acceptors (Lipinski definition) is 9. The quantitative estimate of drug-likeness (QED) is 0.345. The lowest BCUT2D eigenvalue weighted by atomic mass is 9.97. The molecule has 0 fully saturated rings. The number of carbonyl (C=O) groups excluding carboxylic acids is 2. The Morgan fingerprint density at radius 1 is 1.26 bits per heavy atom. The van der Waals surface area contributed by atoms with Gasteiger partial charge in [-0.25, -0.2) is 4.98 Å². The number of nitrogens with one attached hydrogen (secondary N) is 2. The van der Waals surface area contributed by atoms with Crippen molar-refractivity contribution >= 4 is 34.7 Å². The first kappa shape index (κ1) is 27.7. The lowest BCUT2D eigenvalue weighted by Gasteiger charge is -2.36. The van der Waals surface area contributed by atoms with Gasteiger partial charge in [0.15, 0.2) is 0 Å². The molecule has 1 aliphatic rings. The highest BCUT2D eigenvalue weighted by Crippen LogP contribution is 2.35. The number of pyridine rings is 1. The molecule has 12 nitrogen and oxygen atoms in total. The van der Waals surface area contributed by atoms with Crippen LogP contribution in [0.5, 0.6) is 0 Å². The highest BCUT2D eigenvalue weighted by molar-refractivity contribution is 6.30. The average molecular weight is 553 g/mol. The molecule has 2 atom stereocenters. The van der Waals surface area contributed by atoms with Gasteiger partial charge < -0.3 is 25.4 Å². The highest BCUT2D eigenvalue weighted by Gasteiger charge is 2.32. The van der Waals surface area contributed by atoms with Crippen LogP contribution in [0, 0.1) is 0 Å². The first-order chi connectivity index (χ1) is 18.9. The Labute approximate surface area is 230 Å². The minimum Gasteiger partial charge on any atom is -0.495 e. The number of anilines is 1. The van der Waals surface area contributed by atoms with Crippen molar-refractivity contribution in [3.63, 3.8) is 0 Å². The van der Waals surface area contributed by atoms with Crippen molar-refractivity contribution in [3.8, 4) is 5.69 Å². The van der Waals surface area contributed by atoms with Crippen molar-refractivity contribution in [2.24, 2.45) is 0 Å². The molecular formula is C26H29ClN8O4. The number of amides is 2. The van der Waals surface area contributed by atoms with Gasteiger partial charge in [-0.05, 0) is 53.3 Å². The summed E-state index contributed by atoms with van der Waals surface area (Å²) >= 11 is 6.31. The molecule has 0 radical (unpaired) electrons. The minimum absolute atomic E-state index is 0.233. The summed E-state index contributed by atoms with van der Waals surface area (Å²) in [5.74, 6) is -0.242. The summed E-state index contributed by atoms with van der Waals surface area (Å²) in [6, 6.07) is 7.62. The second-order valence-electron chi connectivity index (χ2n) is 8.71. The first-order valence-corrected chi connectivity index (χ1v) is 12.7. The van der Waals surface area contributed by atoms with Gasteiger partial charge in [-0.1, -0.05) is 31.4 Å². The van der Waals surface area contributed by atoms with Gasteiger partial charge in [-0.15, -0.1) is 5.10 Å². The van der Waals surface area contributed by atoms with Crippen LogP contribution in [-0.2, 0) is 9.53 Å². The lowest BCUT2D eigenvalue weighted by molar-refractivity contribution is -0.123. The molecule has 0 bridgehead atoms. The van der Waals surface area contributed by atoms with Gasteiger partial charge in [-0.2, -0.15) is 4.68 Å². The minimum atomic E-state index is -1.15. The Kier molecular flexibility index (Phi) is 8.89. The van der Waals surface area contributed by atoms with Crippen molar-refractivity contribution in [1.82, 2.24) is 35.4 Å². The van der Waals surface area contributed by atoms with Gasteiger partial charge in [0.1, 0.15) is 30.1 Å². The topological polar surface area (TPSA) is 147 Å². The number of hydrogen-bond donors (Lipinski definition) is 3. The summed E-state index contributed by atoms with van der Waals surface area (Å²) in [5.41, 5.74) is 2.50. The van der Waals surface area contributed by atoms with Gasteiger partial charge in [0.2, 0.25) is 5.91 Å². The molecule has 1 aliphatic heterocycles. The van der Waals surface area contributed by atoms with Crippen LogP contribution in [-0.4, -0.2) is 73.4 Å². The summed E-state index contributed by atoms with van der Waals surface area (Å²) in [5, 5.41) is 28.5. The number of aliphatic hydroxyl groups excluding tert-OH is 1. The second-order valence-corrected chi connectivity index (χ2v) is 9.15. The normalized spacial score (nSPS) is 15.7. The van der Waals surface area contributed by atoms with E-state index in [-0.39, 0.29) is 17.5 Å². The fraction of sp³-hybridized carbons (Fsp3) is 0.308. The molecule has 39 heavy (non-hydrogen) atoms. The van der Waals surface area contributed by atoms with Crippen molar-refractivity contribution in [2.75, 3.05) is 19.5 Å². The molecule has 13 heteroatoms. The SMILES string of the molecule is CCCCC(C(=O)Nc1ccc(C(=O)NC)nc1)N1C=C(OC)C(c2cc(Cl)ccc2-n2cnnn2)=CC1O. The van der Waals surface area contributed by atoms with Crippen LogP contribution in [0.25, 0.3) is 11.3 Å². The van der Waals surface area contributed by atoms with E-state index in [2.05, 4.69) is 31.1 Å². The van der Waals surface area contributed by atoms with Crippen LogP contribution in [0.1, 0.15) is 42.2 Å². The van der Waals surface area contributed by atoms with Gasteiger partial charge in [0, 0.05) is 29.4 Å². The molecule has 2 unspecified atom stereocenters. The Balaban J connectivity index is 1.63. The Bertz CT molecular complexity index is 1380. The van der Waals surface area contributed by atoms with Crippen LogP contribution in [0.4, 0.5) is 5.69 Å². The predicted molar refractivity (Wildman–Crippen MR) is 145 cm³/mol. The Morgan fingerprint density at radius 3 is 2.72 bits per heavy atom. The third-order valence-electron chi connectivity index (χ3n) is 6.20. The number of halogens is 1. The summed E-state index contributed by atoms with van der Waals surface area (Å²) in [6.45, 7) is 2.02. The highest BCUT2D eigenvalue weighted by atomic mass is 35.5. The van der Waals surface area contributed by atoms with E-state index in [0.29, 0.717) is 39.7 Å². The number of unbranched alkanes of at least 4 members (excludes halogenated alkanes) is 1. The van der Waals surface area contributed by atoms with E-state index in [1.165, 1.54) is 37.4 Å². The molecular weight excluding hydrogens is 524 g/mol. The molecule has 0 saturated heterocycles. The zero-order valence-corrected chi connectivity index (χ0v) is 22.5. The number of allylic oxidation sites excluding steroid dienone is 1. The molecule has 1 aromatic carbocycles. The van der Waals surface area contributed by atoms with E-state index in [4.69, 9.17) is 16.3 Å². The molecule has 4 rings (SSSR count). The number of tetrazole rings is 1. The monoisotopic (exact) mass is 552 g/mol. The number of carbonyl (C=O) groups is 2. The summed E-state index contributed by atoms with van der Waals surface area (Å²) < 4.78 is 7.19. The molecule has 2 amide bonds. The number of ether oxygens (including phenoxy) is 1. The number of aromatic nitrogens is 5. The summed E-state index contributed by atoms with van der Waals surface area (Å²) in [4.78, 5) is 30.9. The third kappa shape index (κ3) is 6.24. The van der Waals surface area contributed by atoms with Crippen molar-refractivity contribution in [3.05, 3.63) is 77.2 Å². The zero-order valence-electron chi connectivity index (χ0n) is 21.7. The number of rotatable bonds is 10. The van der Waals surface area contributed by atoms with Crippen LogP contribution in [0.2, 0.25) is 5.02 Å². The first-order valence-electron chi connectivity index (χ1n) is 12.3. The fourth-order valence-corrected chi connectivity index (χ4v) is 4.39. The smallest absolute Gasteiger partial charge is 0.269 e. The maximum absolute atomic E-state index is 13.4. The molecule has 204 valence electrons. The molecule has 0 saturated carbocycles. The summed E-state index contributed by atoms with van der Waals surface area (Å²) in [7, 11) is 3.03. The van der Waals surface area contributed by atoms with E-state index in [1.54, 1.807) is 41.4 Å². The van der Waals surface area contributed by atoms with Crippen molar-refractivity contribution in [1.29, 1.82) is 0 Å². The van der Waals surface area contributed by atoms with Gasteiger partial charge in [-0.3, -0.25) is 9.59 Å². The van der Waals surface area contributed by atoms with Crippen molar-refractivity contribution in [2.45, 2.75) is 38.5 Å². The lowest BCUT2D eigenvalue weighted by Crippen LogP contribution is -2.47.